The molecule has 1 heterocycles. The lowest BCUT2D eigenvalue weighted by molar-refractivity contribution is 0.465. The number of aryl methyl sites for hydroxylation is 1. The smallest absolute Gasteiger partial charge is 0.121 e. The summed E-state index contributed by atoms with van der Waals surface area (Å²) in [6.45, 7) is 6.03. The summed E-state index contributed by atoms with van der Waals surface area (Å²) in [7, 11) is 0. The van der Waals surface area contributed by atoms with Gasteiger partial charge in [0.15, 0.2) is 0 Å². The summed E-state index contributed by atoms with van der Waals surface area (Å²) in [5, 5.41) is 9.73. The molecule has 0 unspecified atom stereocenters. The number of hydrogen-bond donors (Lipinski definition) is 2. The fraction of sp³-hybridized carbons (Fsp3) is 0.364. The van der Waals surface area contributed by atoms with Crippen LogP contribution in [0.1, 0.15) is 31.2 Å². The molecular formula is C11H14N2O. The molecule has 2 rings (SSSR count). The minimum absolute atomic E-state index is 0.322. The van der Waals surface area contributed by atoms with E-state index in [0.29, 0.717) is 11.7 Å². The Labute approximate surface area is 82.8 Å². The number of rotatable bonds is 1. The Bertz CT molecular complexity index is 471. The predicted octanol–water partition coefficient (Wildman–Crippen LogP) is 2.70. The maximum Gasteiger partial charge on any atom is 0.121 e. The number of phenols is 1. The molecule has 0 radical (unpaired) electrons. The number of nitrogens with one attached hydrogen (secondary N) is 1. The Morgan fingerprint density at radius 1 is 1.36 bits per heavy atom. The van der Waals surface area contributed by atoms with Crippen LogP contribution in [-0.4, -0.2) is 15.1 Å². The number of hydrogen-bond acceptors (Lipinski definition) is 2. The first-order valence-electron chi connectivity index (χ1n) is 4.77. The minimum Gasteiger partial charge on any atom is -0.508 e. The van der Waals surface area contributed by atoms with Crippen LogP contribution in [0.3, 0.4) is 0 Å². The molecule has 0 atom stereocenters. The van der Waals surface area contributed by atoms with Gasteiger partial charge in [-0.2, -0.15) is 0 Å². The van der Waals surface area contributed by atoms with Gasteiger partial charge in [-0.3, -0.25) is 0 Å². The van der Waals surface area contributed by atoms with Gasteiger partial charge in [0.2, 0.25) is 0 Å². The molecule has 2 aromatic rings. The summed E-state index contributed by atoms with van der Waals surface area (Å²) < 4.78 is 0. The van der Waals surface area contributed by atoms with E-state index in [1.807, 2.05) is 13.0 Å². The third-order valence-electron chi connectivity index (χ3n) is 2.37. The third-order valence-corrected chi connectivity index (χ3v) is 2.37. The van der Waals surface area contributed by atoms with E-state index in [9.17, 15) is 5.11 Å². The standard InChI is InChI=1S/C11H14N2O/c1-6(2)8-4-9-10(5-11(8)14)13-7(3)12-9/h4-6,14H,1-3H3,(H,12,13). The Morgan fingerprint density at radius 2 is 2.07 bits per heavy atom. The fourth-order valence-corrected chi connectivity index (χ4v) is 1.65. The van der Waals surface area contributed by atoms with E-state index in [4.69, 9.17) is 0 Å². The monoisotopic (exact) mass is 190 g/mol. The highest BCUT2D eigenvalue weighted by Crippen LogP contribution is 2.29. The highest BCUT2D eigenvalue weighted by Gasteiger charge is 2.09. The topological polar surface area (TPSA) is 48.9 Å². The van der Waals surface area contributed by atoms with Crippen LogP contribution in [0.15, 0.2) is 12.1 Å². The van der Waals surface area contributed by atoms with E-state index in [1.54, 1.807) is 6.07 Å². The number of imidazole rings is 1. The van der Waals surface area contributed by atoms with Crippen molar-refractivity contribution < 1.29 is 5.11 Å². The molecule has 3 heteroatoms. The fourth-order valence-electron chi connectivity index (χ4n) is 1.65. The number of aromatic nitrogens is 2. The molecule has 0 aliphatic rings. The van der Waals surface area contributed by atoms with Gasteiger partial charge in [0.05, 0.1) is 11.0 Å². The van der Waals surface area contributed by atoms with Crippen molar-refractivity contribution in [3.63, 3.8) is 0 Å². The van der Waals surface area contributed by atoms with Crippen molar-refractivity contribution in [1.82, 2.24) is 9.97 Å². The van der Waals surface area contributed by atoms with E-state index >= 15 is 0 Å². The summed E-state index contributed by atoms with van der Waals surface area (Å²) in [4.78, 5) is 7.42. The van der Waals surface area contributed by atoms with Gasteiger partial charge in [-0.1, -0.05) is 13.8 Å². The molecular weight excluding hydrogens is 176 g/mol. The van der Waals surface area contributed by atoms with Crippen molar-refractivity contribution in [2.45, 2.75) is 26.7 Å². The maximum absolute atomic E-state index is 9.73. The Hall–Kier alpha value is -1.51. The number of nitrogens with zero attached hydrogens (tertiary/aromatic N) is 1. The lowest BCUT2D eigenvalue weighted by Crippen LogP contribution is -1.88. The quantitative estimate of drug-likeness (QED) is 0.726. The first-order valence-corrected chi connectivity index (χ1v) is 4.77. The molecule has 0 aliphatic heterocycles. The van der Waals surface area contributed by atoms with E-state index in [-0.39, 0.29) is 0 Å². The number of H-pyrrole nitrogens is 1. The molecule has 0 aliphatic carbocycles. The molecule has 0 saturated heterocycles. The summed E-state index contributed by atoms with van der Waals surface area (Å²) >= 11 is 0. The highest BCUT2D eigenvalue weighted by atomic mass is 16.3. The van der Waals surface area contributed by atoms with Crippen LogP contribution in [-0.2, 0) is 0 Å². The normalized spacial score (nSPS) is 11.4. The van der Waals surface area contributed by atoms with Crippen LogP contribution in [0.25, 0.3) is 11.0 Å². The molecule has 14 heavy (non-hydrogen) atoms. The number of benzene rings is 1. The second kappa shape index (κ2) is 3.01. The Kier molecular flexibility index (Phi) is 1.95. The molecule has 1 aromatic carbocycles. The molecule has 74 valence electrons. The predicted molar refractivity (Wildman–Crippen MR) is 56.6 cm³/mol. The second-order valence-electron chi connectivity index (χ2n) is 3.91. The number of fused-ring (bicyclic) bond motifs is 1. The SMILES string of the molecule is Cc1nc2cc(O)c(C(C)C)cc2[nH]1. The van der Waals surface area contributed by atoms with Crippen molar-refractivity contribution >= 4 is 11.0 Å². The second-order valence-corrected chi connectivity index (χ2v) is 3.91. The van der Waals surface area contributed by atoms with Gasteiger partial charge >= 0.3 is 0 Å². The summed E-state index contributed by atoms with van der Waals surface area (Å²) in [5.74, 6) is 1.53. The van der Waals surface area contributed by atoms with Crippen molar-refractivity contribution in [1.29, 1.82) is 0 Å². The van der Waals surface area contributed by atoms with Gasteiger partial charge in [0.1, 0.15) is 11.6 Å². The molecule has 2 N–H and O–H groups in total. The van der Waals surface area contributed by atoms with Crippen LogP contribution >= 0.6 is 0 Å². The summed E-state index contributed by atoms with van der Waals surface area (Å²) in [6, 6.07) is 3.68. The number of phenolic OH excluding ortho intramolecular Hbond substituents is 1. The highest BCUT2D eigenvalue weighted by molar-refractivity contribution is 5.78. The van der Waals surface area contributed by atoms with Crippen molar-refractivity contribution in [3.8, 4) is 5.75 Å². The van der Waals surface area contributed by atoms with E-state index < -0.39 is 0 Å². The van der Waals surface area contributed by atoms with E-state index in [2.05, 4.69) is 23.8 Å². The van der Waals surface area contributed by atoms with Crippen LogP contribution < -0.4 is 0 Å². The largest absolute Gasteiger partial charge is 0.508 e. The minimum atomic E-state index is 0.322. The molecule has 0 amide bonds. The average Bonchev–Trinajstić information content (AvgIpc) is 2.42. The van der Waals surface area contributed by atoms with Gasteiger partial charge < -0.3 is 10.1 Å². The first kappa shape index (κ1) is 9.06. The van der Waals surface area contributed by atoms with Gasteiger partial charge in [-0.15, -0.1) is 0 Å². The van der Waals surface area contributed by atoms with Crippen LogP contribution in [0, 0.1) is 6.92 Å². The molecule has 0 bridgehead atoms. The van der Waals surface area contributed by atoms with Crippen LogP contribution in [0.2, 0.25) is 0 Å². The molecule has 3 nitrogen and oxygen atoms in total. The zero-order valence-electron chi connectivity index (χ0n) is 8.63. The lowest BCUT2D eigenvalue weighted by Gasteiger charge is -2.07. The Morgan fingerprint density at radius 3 is 2.71 bits per heavy atom. The van der Waals surface area contributed by atoms with Crippen LogP contribution in [0.4, 0.5) is 0 Å². The number of aromatic amines is 1. The van der Waals surface area contributed by atoms with Gasteiger partial charge in [0, 0.05) is 6.07 Å². The zero-order valence-corrected chi connectivity index (χ0v) is 8.63. The summed E-state index contributed by atoms with van der Waals surface area (Å²) in [5.41, 5.74) is 2.77. The third kappa shape index (κ3) is 1.35. The zero-order chi connectivity index (χ0) is 10.3. The summed E-state index contributed by atoms with van der Waals surface area (Å²) in [6.07, 6.45) is 0. The first-order chi connectivity index (χ1) is 6.58. The van der Waals surface area contributed by atoms with E-state index in [0.717, 1.165) is 22.4 Å². The van der Waals surface area contributed by atoms with E-state index in [1.165, 1.54) is 0 Å². The van der Waals surface area contributed by atoms with Gasteiger partial charge in [0.25, 0.3) is 0 Å². The average molecular weight is 190 g/mol. The lowest BCUT2D eigenvalue weighted by atomic mass is 10.0. The van der Waals surface area contributed by atoms with Crippen molar-refractivity contribution in [2.24, 2.45) is 0 Å². The van der Waals surface area contributed by atoms with Crippen LogP contribution in [0.5, 0.6) is 5.75 Å². The number of aromatic hydroxyl groups is 1. The van der Waals surface area contributed by atoms with Gasteiger partial charge in [-0.05, 0) is 24.5 Å². The maximum atomic E-state index is 9.73. The van der Waals surface area contributed by atoms with Gasteiger partial charge in [-0.25, -0.2) is 4.98 Å². The molecule has 0 spiro atoms. The molecule has 0 fully saturated rings. The van der Waals surface area contributed by atoms with Crippen molar-refractivity contribution in [3.05, 3.63) is 23.5 Å². The Balaban J connectivity index is 2.70. The molecule has 1 aromatic heterocycles. The van der Waals surface area contributed by atoms with Crippen molar-refractivity contribution in [2.75, 3.05) is 0 Å². The molecule has 0 saturated carbocycles.